The maximum absolute atomic E-state index is 12.4. The molecule has 1 aromatic rings. The first-order valence-electron chi connectivity index (χ1n) is 5.96. The summed E-state index contributed by atoms with van der Waals surface area (Å²) >= 11 is 6.34. The van der Waals surface area contributed by atoms with Gasteiger partial charge in [-0.15, -0.1) is 11.3 Å². The van der Waals surface area contributed by atoms with Crippen molar-refractivity contribution >= 4 is 44.6 Å². The number of piperidine rings is 1. The van der Waals surface area contributed by atoms with Crippen LogP contribution in [0, 0.1) is 16.0 Å². The van der Waals surface area contributed by atoms with Crippen LogP contribution in [-0.4, -0.2) is 36.6 Å². The molecule has 0 spiro atoms. The molecule has 1 aliphatic rings. The Bertz CT molecular complexity index is 679. The average Bonchev–Trinajstić information content (AvgIpc) is 2.82. The van der Waals surface area contributed by atoms with Crippen LogP contribution in [0.2, 0.25) is 4.34 Å². The highest BCUT2D eigenvalue weighted by molar-refractivity contribution is 7.91. The Morgan fingerprint density at radius 2 is 2.05 bits per heavy atom. The van der Waals surface area contributed by atoms with Gasteiger partial charge in [0.2, 0.25) is 5.91 Å². The number of hydrogen-bond donors (Lipinski definition) is 1. The number of rotatable bonds is 4. The number of carbonyl (C=O) groups is 1. The summed E-state index contributed by atoms with van der Waals surface area (Å²) < 4.78 is 25.6. The minimum atomic E-state index is -3.84. The van der Waals surface area contributed by atoms with E-state index in [4.69, 9.17) is 17.3 Å². The third-order valence-corrected chi connectivity index (χ3v) is 6.98. The highest BCUT2D eigenvalue weighted by atomic mass is 35.5. The zero-order valence-electron chi connectivity index (χ0n) is 10.7. The number of hydrogen-bond acceptors (Lipinski definition) is 6. The molecule has 2 rings (SSSR count). The summed E-state index contributed by atoms with van der Waals surface area (Å²) in [5, 5.41) is 10.7. The van der Waals surface area contributed by atoms with Crippen LogP contribution >= 0.6 is 22.9 Å². The van der Waals surface area contributed by atoms with Gasteiger partial charge in [-0.3, -0.25) is 14.9 Å². The van der Waals surface area contributed by atoms with E-state index in [-0.39, 0.29) is 27.6 Å². The number of nitrogens with two attached hydrogens (primary N) is 1. The van der Waals surface area contributed by atoms with Gasteiger partial charge in [-0.25, -0.2) is 8.42 Å². The lowest BCUT2D eigenvalue weighted by Crippen LogP contribution is -2.41. The van der Waals surface area contributed by atoms with E-state index in [9.17, 15) is 23.3 Å². The number of thiophene rings is 1. The van der Waals surface area contributed by atoms with Crippen LogP contribution in [-0.2, 0) is 14.8 Å². The summed E-state index contributed by atoms with van der Waals surface area (Å²) in [6, 6.07) is 0.961. The number of halogens is 1. The Kier molecular flexibility index (Phi) is 4.51. The van der Waals surface area contributed by atoms with Crippen LogP contribution in [0.25, 0.3) is 0 Å². The third kappa shape index (κ3) is 3.18. The summed E-state index contributed by atoms with van der Waals surface area (Å²) in [5.41, 5.74) is 4.77. The predicted octanol–water partition coefficient (Wildman–Crippen LogP) is 1.20. The van der Waals surface area contributed by atoms with Gasteiger partial charge in [0.25, 0.3) is 15.7 Å². The lowest BCUT2D eigenvalue weighted by Gasteiger charge is -2.29. The zero-order valence-corrected chi connectivity index (χ0v) is 13.1. The van der Waals surface area contributed by atoms with Gasteiger partial charge in [-0.2, -0.15) is 4.31 Å². The van der Waals surface area contributed by atoms with E-state index in [1.807, 2.05) is 0 Å². The standard InChI is InChI=1S/C10H12ClN3O5S2/c11-9-7(14(16)17)5-8(20-9)21(18,19)13-3-1-6(2-4-13)10(12)15/h5-6H,1-4H2,(H2,12,15). The first kappa shape index (κ1) is 16.1. The maximum Gasteiger partial charge on any atom is 0.300 e. The molecular formula is C10H12ClN3O5S2. The molecule has 11 heteroatoms. The summed E-state index contributed by atoms with van der Waals surface area (Å²) in [6.45, 7) is 0.304. The van der Waals surface area contributed by atoms with Crippen LogP contribution < -0.4 is 5.73 Å². The van der Waals surface area contributed by atoms with Crippen molar-refractivity contribution in [3.8, 4) is 0 Å². The fraction of sp³-hybridized carbons (Fsp3) is 0.500. The number of sulfonamides is 1. The van der Waals surface area contributed by atoms with E-state index >= 15 is 0 Å². The minimum absolute atomic E-state index is 0.152. The van der Waals surface area contributed by atoms with Gasteiger partial charge in [0, 0.05) is 25.1 Å². The molecule has 1 amide bonds. The highest BCUT2D eigenvalue weighted by Gasteiger charge is 2.34. The molecule has 0 aliphatic carbocycles. The topological polar surface area (TPSA) is 124 Å². The van der Waals surface area contributed by atoms with Crippen LogP contribution in [0.1, 0.15) is 12.8 Å². The second kappa shape index (κ2) is 5.87. The number of nitro groups is 1. The van der Waals surface area contributed by atoms with E-state index in [2.05, 4.69) is 0 Å². The van der Waals surface area contributed by atoms with Gasteiger partial charge >= 0.3 is 0 Å². The van der Waals surface area contributed by atoms with Crippen molar-refractivity contribution in [3.63, 3.8) is 0 Å². The third-order valence-electron chi connectivity index (χ3n) is 3.29. The second-order valence-electron chi connectivity index (χ2n) is 4.56. The summed E-state index contributed by atoms with van der Waals surface area (Å²) in [6.07, 6.45) is 0.686. The second-order valence-corrected chi connectivity index (χ2v) is 8.38. The first-order chi connectivity index (χ1) is 9.73. The number of amides is 1. The number of nitrogens with zero attached hydrogens (tertiary/aromatic N) is 2. The molecule has 2 N–H and O–H groups in total. The quantitative estimate of drug-likeness (QED) is 0.643. The Labute approximate surface area is 129 Å². The molecule has 0 radical (unpaired) electrons. The normalized spacial score (nSPS) is 17.8. The molecule has 116 valence electrons. The molecular weight excluding hydrogens is 342 g/mol. The lowest BCUT2D eigenvalue weighted by molar-refractivity contribution is -0.384. The molecule has 0 unspecified atom stereocenters. The van der Waals surface area contributed by atoms with Gasteiger partial charge in [0.1, 0.15) is 4.21 Å². The van der Waals surface area contributed by atoms with Crippen molar-refractivity contribution in [2.45, 2.75) is 17.1 Å². The number of carbonyl (C=O) groups excluding carboxylic acids is 1. The number of primary amides is 1. The molecule has 1 aliphatic heterocycles. The van der Waals surface area contributed by atoms with Crippen LogP contribution in [0.3, 0.4) is 0 Å². The van der Waals surface area contributed by atoms with E-state index in [1.165, 1.54) is 4.31 Å². The molecule has 21 heavy (non-hydrogen) atoms. The van der Waals surface area contributed by atoms with Crippen LogP contribution in [0.4, 0.5) is 5.69 Å². The molecule has 0 atom stereocenters. The molecule has 1 aromatic heterocycles. The fourth-order valence-corrected chi connectivity index (χ4v) is 5.39. The smallest absolute Gasteiger partial charge is 0.300 e. The SMILES string of the molecule is NC(=O)C1CCN(S(=O)(=O)c2cc([N+](=O)[O-])c(Cl)s2)CC1. The zero-order chi connectivity index (χ0) is 15.8. The Morgan fingerprint density at radius 3 is 2.48 bits per heavy atom. The van der Waals surface area contributed by atoms with Gasteiger partial charge in [0.15, 0.2) is 4.34 Å². The molecule has 1 fully saturated rings. The lowest BCUT2D eigenvalue weighted by atomic mass is 9.98. The van der Waals surface area contributed by atoms with E-state index in [0.29, 0.717) is 24.2 Å². The molecule has 0 bridgehead atoms. The summed E-state index contributed by atoms with van der Waals surface area (Å²) in [4.78, 5) is 21.1. The Balaban J connectivity index is 2.21. The molecule has 1 saturated heterocycles. The molecule has 0 saturated carbocycles. The van der Waals surface area contributed by atoms with E-state index in [0.717, 1.165) is 6.07 Å². The van der Waals surface area contributed by atoms with Crippen molar-refractivity contribution in [3.05, 3.63) is 20.5 Å². The van der Waals surface area contributed by atoms with Crippen molar-refractivity contribution in [2.75, 3.05) is 13.1 Å². The van der Waals surface area contributed by atoms with Crippen molar-refractivity contribution in [1.29, 1.82) is 0 Å². The van der Waals surface area contributed by atoms with Crippen LogP contribution in [0.15, 0.2) is 10.3 Å². The van der Waals surface area contributed by atoms with Gasteiger partial charge in [0.05, 0.1) is 4.92 Å². The minimum Gasteiger partial charge on any atom is -0.369 e. The van der Waals surface area contributed by atoms with Crippen molar-refractivity contribution in [1.82, 2.24) is 4.31 Å². The highest BCUT2D eigenvalue weighted by Crippen LogP contribution is 2.38. The Hall–Kier alpha value is -1.23. The molecule has 8 nitrogen and oxygen atoms in total. The average molecular weight is 354 g/mol. The van der Waals surface area contributed by atoms with Gasteiger partial charge in [-0.1, -0.05) is 11.6 Å². The molecule has 2 heterocycles. The van der Waals surface area contributed by atoms with Crippen molar-refractivity contribution in [2.24, 2.45) is 11.7 Å². The Morgan fingerprint density at radius 1 is 1.48 bits per heavy atom. The fourth-order valence-electron chi connectivity index (χ4n) is 2.10. The van der Waals surface area contributed by atoms with E-state index in [1.54, 1.807) is 0 Å². The van der Waals surface area contributed by atoms with Gasteiger partial charge < -0.3 is 5.73 Å². The van der Waals surface area contributed by atoms with E-state index < -0.39 is 26.5 Å². The summed E-state index contributed by atoms with van der Waals surface area (Å²) in [5.74, 6) is -0.778. The van der Waals surface area contributed by atoms with Crippen molar-refractivity contribution < 1.29 is 18.1 Å². The summed E-state index contributed by atoms with van der Waals surface area (Å²) in [7, 11) is -3.84. The largest absolute Gasteiger partial charge is 0.369 e. The monoisotopic (exact) mass is 353 g/mol. The predicted molar refractivity (Wildman–Crippen MR) is 76.7 cm³/mol. The van der Waals surface area contributed by atoms with Gasteiger partial charge in [-0.05, 0) is 12.8 Å². The van der Waals surface area contributed by atoms with Crippen LogP contribution in [0.5, 0.6) is 0 Å². The first-order valence-corrected chi connectivity index (χ1v) is 8.60. The maximum atomic E-state index is 12.4. The molecule has 0 aromatic carbocycles.